The lowest BCUT2D eigenvalue weighted by Gasteiger charge is -2.31. The molecule has 0 saturated carbocycles. The van der Waals surface area contributed by atoms with Gasteiger partial charge in [0.1, 0.15) is 5.75 Å². The third kappa shape index (κ3) is 4.53. The molecule has 0 atom stereocenters. The van der Waals surface area contributed by atoms with Crippen LogP contribution in [0.1, 0.15) is 23.2 Å². The van der Waals surface area contributed by atoms with Gasteiger partial charge >= 0.3 is 5.97 Å². The van der Waals surface area contributed by atoms with Crippen LogP contribution in [0.3, 0.4) is 0 Å². The Kier molecular flexibility index (Phi) is 5.61. The predicted octanol–water partition coefficient (Wildman–Crippen LogP) is 4.45. The van der Waals surface area contributed by atoms with E-state index in [4.69, 9.17) is 27.9 Å². The number of esters is 1. The van der Waals surface area contributed by atoms with Crippen molar-refractivity contribution >= 4 is 35.1 Å². The fraction of sp³-hybridized carbons (Fsp3) is 0.263. The summed E-state index contributed by atoms with van der Waals surface area (Å²) in [6.45, 7) is 1.05. The number of benzene rings is 2. The van der Waals surface area contributed by atoms with Crippen molar-refractivity contribution in [2.24, 2.45) is 5.92 Å². The van der Waals surface area contributed by atoms with Gasteiger partial charge in [0.2, 0.25) is 0 Å². The third-order valence-electron chi connectivity index (χ3n) is 4.22. The maximum atomic E-state index is 12.5. The first-order valence-corrected chi connectivity index (χ1v) is 8.80. The molecule has 3 rings (SSSR count). The minimum atomic E-state index is -0.277. The van der Waals surface area contributed by atoms with Crippen molar-refractivity contribution in [1.29, 1.82) is 0 Å². The van der Waals surface area contributed by atoms with Crippen LogP contribution >= 0.6 is 23.2 Å². The minimum Gasteiger partial charge on any atom is -0.426 e. The Bertz CT molecular complexity index is 768. The molecule has 0 N–H and O–H groups in total. The molecule has 0 bridgehead atoms. The topological polar surface area (TPSA) is 46.6 Å². The molecule has 2 aromatic rings. The maximum Gasteiger partial charge on any atom is 0.314 e. The minimum absolute atomic E-state index is 0.0432. The highest BCUT2D eigenvalue weighted by atomic mass is 35.5. The second-order valence-corrected chi connectivity index (χ2v) is 6.82. The van der Waals surface area contributed by atoms with E-state index in [1.54, 1.807) is 53.4 Å². The molecule has 0 aliphatic carbocycles. The van der Waals surface area contributed by atoms with Crippen LogP contribution in [-0.4, -0.2) is 29.9 Å². The largest absolute Gasteiger partial charge is 0.426 e. The Morgan fingerprint density at radius 1 is 0.960 bits per heavy atom. The quantitative estimate of drug-likeness (QED) is 0.586. The summed E-state index contributed by atoms with van der Waals surface area (Å²) in [6, 6.07) is 13.6. The number of hydrogen-bond donors (Lipinski definition) is 0. The van der Waals surface area contributed by atoms with Crippen LogP contribution in [0.25, 0.3) is 0 Å². The number of halogens is 2. The number of amides is 1. The molecule has 6 heteroatoms. The Morgan fingerprint density at radius 3 is 2.28 bits per heavy atom. The van der Waals surface area contributed by atoms with E-state index in [2.05, 4.69) is 0 Å². The first kappa shape index (κ1) is 17.8. The van der Waals surface area contributed by atoms with Gasteiger partial charge in [-0.05, 0) is 55.3 Å². The van der Waals surface area contributed by atoms with Gasteiger partial charge in [0, 0.05) is 28.7 Å². The summed E-state index contributed by atoms with van der Waals surface area (Å²) in [6.07, 6.45) is 1.16. The first-order valence-electron chi connectivity index (χ1n) is 8.05. The number of ether oxygens (including phenoxy) is 1. The van der Waals surface area contributed by atoms with Crippen LogP contribution in [0, 0.1) is 5.92 Å². The van der Waals surface area contributed by atoms with Crippen molar-refractivity contribution in [3.63, 3.8) is 0 Å². The number of nitrogens with zero attached hydrogens (tertiary/aromatic N) is 1. The zero-order chi connectivity index (χ0) is 17.8. The van der Waals surface area contributed by atoms with Crippen LogP contribution < -0.4 is 4.74 Å². The maximum absolute atomic E-state index is 12.5. The Morgan fingerprint density at radius 2 is 1.64 bits per heavy atom. The lowest BCUT2D eigenvalue weighted by atomic mass is 9.96. The molecule has 1 saturated heterocycles. The highest BCUT2D eigenvalue weighted by molar-refractivity contribution is 6.31. The van der Waals surface area contributed by atoms with Gasteiger partial charge in [-0.2, -0.15) is 0 Å². The lowest BCUT2D eigenvalue weighted by Crippen LogP contribution is -2.41. The van der Waals surface area contributed by atoms with E-state index >= 15 is 0 Å². The van der Waals surface area contributed by atoms with Gasteiger partial charge < -0.3 is 9.64 Å². The van der Waals surface area contributed by atoms with Crippen LogP contribution in [0.15, 0.2) is 48.5 Å². The molecule has 0 spiro atoms. The van der Waals surface area contributed by atoms with E-state index in [1.165, 1.54) is 0 Å². The molecule has 25 heavy (non-hydrogen) atoms. The van der Waals surface area contributed by atoms with Gasteiger partial charge in [0.25, 0.3) is 5.91 Å². The fourth-order valence-electron chi connectivity index (χ4n) is 2.82. The van der Waals surface area contributed by atoms with E-state index in [-0.39, 0.29) is 17.8 Å². The number of hydrogen-bond acceptors (Lipinski definition) is 3. The smallest absolute Gasteiger partial charge is 0.314 e. The SMILES string of the molecule is O=C(Oc1cccc(Cl)c1)C1CCN(C(=O)c2ccc(Cl)cc2)CC1. The average Bonchev–Trinajstić information content (AvgIpc) is 2.62. The standard InChI is InChI=1S/C19H17Cl2NO3/c20-15-6-4-13(5-7-15)18(23)22-10-8-14(9-11-22)19(24)25-17-3-1-2-16(21)12-17/h1-7,12,14H,8-11H2. The second-order valence-electron chi connectivity index (χ2n) is 5.95. The van der Waals surface area contributed by atoms with Crippen molar-refractivity contribution < 1.29 is 14.3 Å². The Labute approximate surface area is 156 Å². The van der Waals surface area contributed by atoms with E-state index in [0.29, 0.717) is 47.3 Å². The molecule has 2 aromatic carbocycles. The van der Waals surface area contributed by atoms with Gasteiger partial charge in [0.15, 0.2) is 0 Å². The molecule has 4 nitrogen and oxygen atoms in total. The van der Waals surface area contributed by atoms with Crippen LogP contribution in [0.5, 0.6) is 5.75 Å². The second kappa shape index (κ2) is 7.89. The molecule has 1 aliphatic rings. The summed E-state index contributed by atoms with van der Waals surface area (Å²) >= 11 is 11.7. The molecular formula is C19H17Cl2NO3. The van der Waals surface area contributed by atoms with Crippen molar-refractivity contribution in [3.8, 4) is 5.75 Å². The van der Waals surface area contributed by atoms with Gasteiger partial charge in [-0.3, -0.25) is 9.59 Å². The number of piperidine rings is 1. The number of carbonyl (C=O) groups is 2. The highest BCUT2D eigenvalue weighted by Gasteiger charge is 2.29. The molecular weight excluding hydrogens is 361 g/mol. The fourth-order valence-corrected chi connectivity index (χ4v) is 3.13. The molecule has 0 radical (unpaired) electrons. The molecule has 1 fully saturated rings. The predicted molar refractivity (Wildman–Crippen MR) is 97.2 cm³/mol. The number of likely N-dealkylation sites (tertiary alicyclic amines) is 1. The van der Waals surface area contributed by atoms with E-state index in [1.807, 2.05) is 0 Å². The van der Waals surface area contributed by atoms with Crippen LogP contribution in [-0.2, 0) is 4.79 Å². The molecule has 1 heterocycles. The van der Waals surface area contributed by atoms with Gasteiger partial charge in [-0.25, -0.2) is 0 Å². The average molecular weight is 378 g/mol. The van der Waals surface area contributed by atoms with Crippen LogP contribution in [0.4, 0.5) is 0 Å². The molecule has 130 valence electrons. The first-order chi connectivity index (χ1) is 12.0. The molecule has 0 unspecified atom stereocenters. The van der Waals surface area contributed by atoms with E-state index < -0.39 is 0 Å². The Hall–Kier alpha value is -2.04. The van der Waals surface area contributed by atoms with Crippen molar-refractivity contribution in [2.45, 2.75) is 12.8 Å². The van der Waals surface area contributed by atoms with Gasteiger partial charge in [-0.1, -0.05) is 29.3 Å². The third-order valence-corrected chi connectivity index (χ3v) is 4.71. The summed E-state index contributed by atoms with van der Waals surface area (Å²) in [5, 5.41) is 1.12. The van der Waals surface area contributed by atoms with Gasteiger partial charge in [-0.15, -0.1) is 0 Å². The van der Waals surface area contributed by atoms with E-state index in [9.17, 15) is 9.59 Å². The zero-order valence-corrected chi connectivity index (χ0v) is 15.0. The summed E-state index contributed by atoms with van der Waals surface area (Å²) < 4.78 is 5.39. The normalized spacial score (nSPS) is 15.0. The van der Waals surface area contributed by atoms with Gasteiger partial charge in [0.05, 0.1) is 5.92 Å². The lowest BCUT2D eigenvalue weighted by molar-refractivity contribution is -0.140. The molecule has 0 aromatic heterocycles. The zero-order valence-electron chi connectivity index (χ0n) is 13.5. The number of carbonyl (C=O) groups excluding carboxylic acids is 2. The molecule has 1 aliphatic heterocycles. The van der Waals surface area contributed by atoms with Crippen LogP contribution in [0.2, 0.25) is 10.0 Å². The highest BCUT2D eigenvalue weighted by Crippen LogP contribution is 2.23. The van der Waals surface area contributed by atoms with Crippen molar-refractivity contribution in [3.05, 3.63) is 64.1 Å². The monoisotopic (exact) mass is 377 g/mol. The summed E-state index contributed by atoms with van der Waals surface area (Å²) in [4.78, 5) is 26.5. The van der Waals surface area contributed by atoms with E-state index in [0.717, 1.165) is 0 Å². The number of rotatable bonds is 3. The summed E-state index contributed by atoms with van der Waals surface area (Å²) in [5.41, 5.74) is 0.601. The molecule has 1 amide bonds. The van der Waals surface area contributed by atoms with Crippen molar-refractivity contribution in [1.82, 2.24) is 4.90 Å². The van der Waals surface area contributed by atoms with Crippen molar-refractivity contribution in [2.75, 3.05) is 13.1 Å². The Balaban J connectivity index is 1.55. The summed E-state index contributed by atoms with van der Waals surface area (Å²) in [5.74, 6) is -0.0930. The summed E-state index contributed by atoms with van der Waals surface area (Å²) in [7, 11) is 0.